The van der Waals surface area contributed by atoms with Gasteiger partial charge in [-0.05, 0) is 36.0 Å². The van der Waals surface area contributed by atoms with Crippen molar-refractivity contribution >= 4 is 11.6 Å². The predicted molar refractivity (Wildman–Crippen MR) is 63.8 cm³/mol. The van der Waals surface area contributed by atoms with E-state index in [4.69, 9.17) is 11.6 Å². The van der Waals surface area contributed by atoms with Crippen LogP contribution in [-0.4, -0.2) is 0 Å². The Morgan fingerprint density at radius 1 is 1.29 bits per heavy atom. The van der Waals surface area contributed by atoms with Gasteiger partial charge in [-0.2, -0.15) is 0 Å². The van der Waals surface area contributed by atoms with Gasteiger partial charge in [0, 0.05) is 5.02 Å². The van der Waals surface area contributed by atoms with Crippen LogP contribution in [0.5, 0.6) is 0 Å². The summed E-state index contributed by atoms with van der Waals surface area (Å²) in [5.74, 6) is 0. The summed E-state index contributed by atoms with van der Waals surface area (Å²) in [6.07, 6.45) is 4.09. The van der Waals surface area contributed by atoms with Crippen molar-refractivity contribution in [2.45, 2.75) is 26.7 Å². The molecule has 0 bridgehead atoms. The summed E-state index contributed by atoms with van der Waals surface area (Å²) >= 11 is 5.83. The number of halogens is 1. The molecule has 0 aromatic heterocycles. The highest BCUT2D eigenvalue weighted by Gasteiger charge is 2.16. The summed E-state index contributed by atoms with van der Waals surface area (Å²) in [6.45, 7) is 8.29. The molecule has 0 heterocycles. The van der Waals surface area contributed by atoms with Gasteiger partial charge in [0.05, 0.1) is 0 Å². The molecule has 0 amide bonds. The van der Waals surface area contributed by atoms with Crippen LogP contribution in [0.25, 0.3) is 0 Å². The number of benzene rings is 1. The van der Waals surface area contributed by atoms with Gasteiger partial charge in [0.1, 0.15) is 0 Å². The fraction of sp³-hybridized carbons (Fsp3) is 0.385. The summed E-state index contributed by atoms with van der Waals surface area (Å²) in [7, 11) is 0. The third-order valence-electron chi connectivity index (χ3n) is 2.29. The van der Waals surface area contributed by atoms with E-state index in [1.165, 1.54) is 5.56 Å². The number of allylic oxidation sites excluding steroid dienone is 1. The molecular weight excluding hydrogens is 192 g/mol. The molecule has 0 spiro atoms. The van der Waals surface area contributed by atoms with Gasteiger partial charge in [-0.15, -0.1) is 6.58 Å². The second kappa shape index (κ2) is 4.65. The van der Waals surface area contributed by atoms with E-state index in [9.17, 15) is 0 Å². The van der Waals surface area contributed by atoms with E-state index in [1.807, 2.05) is 18.2 Å². The van der Waals surface area contributed by atoms with Gasteiger partial charge in [0.25, 0.3) is 0 Å². The van der Waals surface area contributed by atoms with Crippen LogP contribution >= 0.6 is 11.6 Å². The highest BCUT2D eigenvalue weighted by molar-refractivity contribution is 6.30. The van der Waals surface area contributed by atoms with Crippen molar-refractivity contribution in [2.24, 2.45) is 5.41 Å². The minimum absolute atomic E-state index is 0.287. The fourth-order valence-electron chi connectivity index (χ4n) is 1.62. The van der Waals surface area contributed by atoms with Crippen LogP contribution in [0.3, 0.4) is 0 Å². The lowest BCUT2D eigenvalue weighted by molar-refractivity contribution is 0.369. The van der Waals surface area contributed by atoms with Gasteiger partial charge in [-0.25, -0.2) is 0 Å². The molecule has 0 fully saturated rings. The maximum atomic E-state index is 5.83. The maximum absolute atomic E-state index is 5.83. The Hall–Kier alpha value is -0.750. The zero-order chi connectivity index (χ0) is 10.6. The second-order valence-corrected chi connectivity index (χ2v) is 4.90. The molecule has 0 N–H and O–H groups in total. The predicted octanol–water partition coefficient (Wildman–Crippen LogP) is 4.48. The molecule has 0 atom stereocenters. The maximum Gasteiger partial charge on any atom is 0.0406 e. The SMILES string of the molecule is C=CCC(C)(C)Cc1ccc(Cl)cc1. The quantitative estimate of drug-likeness (QED) is 0.640. The van der Waals surface area contributed by atoms with E-state index in [0.717, 1.165) is 17.9 Å². The molecule has 1 heteroatoms. The molecule has 1 rings (SSSR count). The minimum atomic E-state index is 0.287. The molecule has 0 aliphatic rings. The van der Waals surface area contributed by atoms with E-state index >= 15 is 0 Å². The fourth-order valence-corrected chi connectivity index (χ4v) is 1.74. The average molecular weight is 209 g/mol. The van der Waals surface area contributed by atoms with Crippen LogP contribution in [0, 0.1) is 5.41 Å². The molecule has 76 valence electrons. The molecule has 0 radical (unpaired) electrons. The molecule has 1 aromatic rings. The van der Waals surface area contributed by atoms with E-state index in [0.29, 0.717) is 0 Å². The van der Waals surface area contributed by atoms with Crippen molar-refractivity contribution in [1.29, 1.82) is 0 Å². The smallest absolute Gasteiger partial charge is 0.0406 e. The van der Waals surface area contributed by atoms with Crippen LogP contribution in [0.15, 0.2) is 36.9 Å². The molecule has 0 nitrogen and oxygen atoms in total. The van der Waals surface area contributed by atoms with Crippen molar-refractivity contribution in [1.82, 2.24) is 0 Å². The van der Waals surface area contributed by atoms with Crippen LogP contribution in [0.4, 0.5) is 0 Å². The topological polar surface area (TPSA) is 0 Å². The lowest BCUT2D eigenvalue weighted by Gasteiger charge is -2.22. The Morgan fingerprint density at radius 2 is 1.86 bits per heavy atom. The summed E-state index contributed by atoms with van der Waals surface area (Å²) in [5, 5.41) is 0.801. The lowest BCUT2D eigenvalue weighted by atomic mass is 9.83. The number of hydrogen-bond donors (Lipinski definition) is 0. The zero-order valence-corrected chi connectivity index (χ0v) is 9.64. The Kier molecular flexibility index (Phi) is 3.77. The van der Waals surface area contributed by atoms with Crippen molar-refractivity contribution in [3.8, 4) is 0 Å². The first-order valence-electron chi connectivity index (χ1n) is 4.89. The van der Waals surface area contributed by atoms with Crippen LogP contribution in [0.2, 0.25) is 5.02 Å². The number of rotatable bonds is 4. The van der Waals surface area contributed by atoms with Crippen molar-refractivity contribution in [3.63, 3.8) is 0 Å². The highest BCUT2D eigenvalue weighted by atomic mass is 35.5. The third kappa shape index (κ3) is 3.55. The van der Waals surface area contributed by atoms with Crippen molar-refractivity contribution in [3.05, 3.63) is 47.5 Å². The molecule has 0 saturated carbocycles. The Bertz CT molecular complexity index is 296. The van der Waals surface area contributed by atoms with E-state index in [-0.39, 0.29) is 5.41 Å². The van der Waals surface area contributed by atoms with Gasteiger partial charge in [0.15, 0.2) is 0 Å². The number of hydrogen-bond acceptors (Lipinski definition) is 0. The lowest BCUT2D eigenvalue weighted by Crippen LogP contribution is -2.13. The van der Waals surface area contributed by atoms with Crippen LogP contribution < -0.4 is 0 Å². The monoisotopic (exact) mass is 208 g/mol. The Labute approximate surface area is 91.6 Å². The van der Waals surface area contributed by atoms with Crippen molar-refractivity contribution < 1.29 is 0 Å². The molecule has 0 aliphatic carbocycles. The second-order valence-electron chi connectivity index (χ2n) is 4.46. The van der Waals surface area contributed by atoms with Gasteiger partial charge >= 0.3 is 0 Å². The normalized spacial score (nSPS) is 11.4. The van der Waals surface area contributed by atoms with Crippen LogP contribution in [-0.2, 0) is 6.42 Å². The summed E-state index contributed by atoms with van der Waals surface area (Å²) in [5.41, 5.74) is 1.62. The Morgan fingerprint density at radius 3 is 2.36 bits per heavy atom. The van der Waals surface area contributed by atoms with Crippen molar-refractivity contribution in [2.75, 3.05) is 0 Å². The first kappa shape index (κ1) is 11.3. The van der Waals surface area contributed by atoms with Crippen LogP contribution in [0.1, 0.15) is 25.8 Å². The molecule has 0 aliphatic heterocycles. The van der Waals surface area contributed by atoms with Gasteiger partial charge < -0.3 is 0 Å². The third-order valence-corrected chi connectivity index (χ3v) is 2.54. The molecule has 1 aromatic carbocycles. The van der Waals surface area contributed by atoms with Gasteiger partial charge in [-0.3, -0.25) is 0 Å². The van der Waals surface area contributed by atoms with Gasteiger partial charge in [-0.1, -0.05) is 43.7 Å². The standard InChI is InChI=1S/C13H17Cl/c1-4-9-13(2,3)10-11-5-7-12(14)8-6-11/h4-8H,1,9-10H2,2-3H3. The van der Waals surface area contributed by atoms with E-state index in [2.05, 4.69) is 32.6 Å². The van der Waals surface area contributed by atoms with Gasteiger partial charge in [0.2, 0.25) is 0 Å². The highest BCUT2D eigenvalue weighted by Crippen LogP contribution is 2.26. The average Bonchev–Trinajstić information content (AvgIpc) is 2.08. The zero-order valence-electron chi connectivity index (χ0n) is 8.89. The largest absolute Gasteiger partial charge is 0.103 e. The minimum Gasteiger partial charge on any atom is -0.103 e. The molecular formula is C13H17Cl. The van der Waals surface area contributed by atoms with E-state index in [1.54, 1.807) is 0 Å². The molecule has 14 heavy (non-hydrogen) atoms. The molecule has 0 unspecified atom stereocenters. The first-order chi connectivity index (χ1) is 6.53. The summed E-state index contributed by atoms with van der Waals surface area (Å²) in [6, 6.07) is 8.07. The van der Waals surface area contributed by atoms with E-state index < -0.39 is 0 Å². The molecule has 0 saturated heterocycles. The summed E-state index contributed by atoms with van der Waals surface area (Å²) in [4.78, 5) is 0. The first-order valence-corrected chi connectivity index (χ1v) is 5.27. The Balaban J connectivity index is 2.68. The summed E-state index contributed by atoms with van der Waals surface area (Å²) < 4.78 is 0.